The van der Waals surface area contributed by atoms with Gasteiger partial charge in [0.25, 0.3) is 15.9 Å². The Morgan fingerprint density at radius 1 is 1.11 bits per heavy atom. The zero-order chi connectivity index (χ0) is 20.3. The van der Waals surface area contributed by atoms with Gasteiger partial charge in [-0.25, -0.2) is 8.42 Å². The molecule has 7 heteroatoms. The van der Waals surface area contributed by atoms with E-state index in [9.17, 15) is 13.2 Å². The Hall–Kier alpha value is -1.99. The molecule has 1 fully saturated rings. The van der Waals surface area contributed by atoms with Crippen molar-refractivity contribution in [3.63, 3.8) is 0 Å². The SMILES string of the molecule is CSc1ccc(S(=O)(=O)Nc2ccccc2C(C)C)cc1C(=O)N1CCCC1. The lowest BCUT2D eigenvalue weighted by molar-refractivity contribution is 0.0789. The van der Waals surface area contributed by atoms with Crippen molar-refractivity contribution in [1.82, 2.24) is 4.90 Å². The molecule has 1 aliphatic rings. The first kappa shape index (κ1) is 20.7. The quantitative estimate of drug-likeness (QED) is 0.698. The smallest absolute Gasteiger partial charge is 0.261 e. The molecule has 0 spiro atoms. The average Bonchev–Trinajstić information content (AvgIpc) is 3.21. The molecule has 0 saturated carbocycles. The van der Waals surface area contributed by atoms with Gasteiger partial charge in [0.1, 0.15) is 0 Å². The van der Waals surface area contributed by atoms with Crippen molar-refractivity contribution in [3.05, 3.63) is 53.6 Å². The van der Waals surface area contributed by atoms with E-state index in [1.54, 1.807) is 23.1 Å². The van der Waals surface area contributed by atoms with Crippen molar-refractivity contribution in [2.45, 2.75) is 42.4 Å². The maximum absolute atomic E-state index is 13.0. The van der Waals surface area contributed by atoms with E-state index < -0.39 is 10.0 Å². The average molecular weight is 419 g/mol. The summed E-state index contributed by atoms with van der Waals surface area (Å²) in [5.41, 5.74) is 1.95. The van der Waals surface area contributed by atoms with Crippen LogP contribution in [0.15, 0.2) is 52.3 Å². The first-order valence-corrected chi connectivity index (χ1v) is 12.1. The van der Waals surface area contributed by atoms with Crippen LogP contribution in [0, 0.1) is 0 Å². The highest BCUT2D eigenvalue weighted by molar-refractivity contribution is 7.98. The van der Waals surface area contributed by atoms with Crippen LogP contribution in [-0.2, 0) is 10.0 Å². The van der Waals surface area contributed by atoms with Gasteiger partial charge in [0.15, 0.2) is 0 Å². The molecule has 5 nitrogen and oxygen atoms in total. The van der Waals surface area contributed by atoms with Gasteiger partial charge in [-0.1, -0.05) is 32.0 Å². The molecule has 1 aliphatic heterocycles. The summed E-state index contributed by atoms with van der Waals surface area (Å²) < 4.78 is 28.8. The van der Waals surface area contributed by atoms with Crippen LogP contribution in [-0.4, -0.2) is 38.6 Å². The highest BCUT2D eigenvalue weighted by Crippen LogP contribution is 2.29. The zero-order valence-electron chi connectivity index (χ0n) is 16.4. The van der Waals surface area contributed by atoms with Gasteiger partial charge in [0.2, 0.25) is 0 Å². The molecule has 0 aliphatic carbocycles. The van der Waals surface area contributed by atoms with Crippen LogP contribution in [0.4, 0.5) is 5.69 Å². The lowest BCUT2D eigenvalue weighted by Gasteiger charge is -2.19. The Bertz CT molecular complexity index is 965. The van der Waals surface area contributed by atoms with Gasteiger partial charge in [-0.3, -0.25) is 9.52 Å². The minimum atomic E-state index is -3.80. The van der Waals surface area contributed by atoms with Gasteiger partial charge in [0, 0.05) is 18.0 Å². The van der Waals surface area contributed by atoms with Crippen molar-refractivity contribution in [2.24, 2.45) is 0 Å². The predicted octanol–water partition coefficient (Wildman–Crippen LogP) is 4.57. The molecule has 0 radical (unpaired) electrons. The van der Waals surface area contributed by atoms with Crippen LogP contribution in [0.25, 0.3) is 0 Å². The van der Waals surface area contributed by atoms with Crippen molar-refractivity contribution < 1.29 is 13.2 Å². The maximum Gasteiger partial charge on any atom is 0.261 e. The summed E-state index contributed by atoms with van der Waals surface area (Å²) in [5.74, 6) is 0.0894. The van der Waals surface area contributed by atoms with Gasteiger partial charge < -0.3 is 4.90 Å². The zero-order valence-corrected chi connectivity index (χ0v) is 18.1. The fraction of sp³-hybridized carbons (Fsp3) is 0.381. The highest BCUT2D eigenvalue weighted by atomic mass is 32.2. The lowest BCUT2D eigenvalue weighted by atomic mass is 10.0. The van der Waals surface area contributed by atoms with Crippen LogP contribution < -0.4 is 4.72 Å². The summed E-state index contributed by atoms with van der Waals surface area (Å²) >= 11 is 1.45. The molecule has 0 aromatic heterocycles. The van der Waals surface area contributed by atoms with Crippen LogP contribution in [0.2, 0.25) is 0 Å². The first-order chi connectivity index (χ1) is 13.3. The number of carbonyl (C=O) groups is 1. The summed E-state index contributed by atoms with van der Waals surface area (Å²) in [7, 11) is -3.80. The summed E-state index contributed by atoms with van der Waals surface area (Å²) in [5, 5.41) is 0. The van der Waals surface area contributed by atoms with E-state index in [0.717, 1.165) is 36.4 Å². The van der Waals surface area contributed by atoms with Crippen LogP contribution in [0.3, 0.4) is 0 Å². The third kappa shape index (κ3) is 4.36. The monoisotopic (exact) mass is 418 g/mol. The minimum Gasteiger partial charge on any atom is -0.339 e. The molecule has 1 amide bonds. The maximum atomic E-state index is 13.0. The highest BCUT2D eigenvalue weighted by Gasteiger charge is 2.25. The molecular weight excluding hydrogens is 392 g/mol. The molecule has 0 unspecified atom stereocenters. The van der Waals surface area contributed by atoms with E-state index in [-0.39, 0.29) is 16.7 Å². The second kappa shape index (κ2) is 8.57. The number of amides is 1. The van der Waals surface area contributed by atoms with Crippen LogP contribution in [0.1, 0.15) is 48.5 Å². The molecule has 2 aromatic carbocycles. The van der Waals surface area contributed by atoms with E-state index >= 15 is 0 Å². The number of hydrogen-bond donors (Lipinski definition) is 1. The number of sulfonamides is 1. The molecule has 3 rings (SSSR count). The van der Waals surface area contributed by atoms with Gasteiger partial charge in [-0.15, -0.1) is 11.8 Å². The Balaban J connectivity index is 1.96. The van der Waals surface area contributed by atoms with Gasteiger partial charge >= 0.3 is 0 Å². The van der Waals surface area contributed by atoms with Crippen molar-refractivity contribution in [1.29, 1.82) is 0 Å². The fourth-order valence-electron chi connectivity index (χ4n) is 3.41. The van der Waals surface area contributed by atoms with Crippen molar-refractivity contribution in [3.8, 4) is 0 Å². The number of hydrogen-bond acceptors (Lipinski definition) is 4. The van der Waals surface area contributed by atoms with E-state index in [1.165, 1.54) is 17.8 Å². The topological polar surface area (TPSA) is 66.5 Å². The fourth-order valence-corrected chi connectivity index (χ4v) is 5.09. The van der Waals surface area contributed by atoms with Gasteiger partial charge in [0.05, 0.1) is 16.1 Å². The second-order valence-electron chi connectivity index (χ2n) is 7.21. The van der Waals surface area contributed by atoms with E-state index in [1.807, 2.05) is 38.3 Å². The minimum absolute atomic E-state index is 0.0959. The largest absolute Gasteiger partial charge is 0.339 e. The summed E-state index contributed by atoms with van der Waals surface area (Å²) in [6.07, 6.45) is 3.87. The van der Waals surface area contributed by atoms with E-state index in [0.29, 0.717) is 11.3 Å². The standard InChI is InChI=1S/C21H26N2O3S2/c1-15(2)17-8-4-5-9-19(17)22-28(25,26)16-10-11-20(27-3)18(14-16)21(24)23-12-6-7-13-23/h4-5,8-11,14-15,22H,6-7,12-13H2,1-3H3. The normalized spacial score (nSPS) is 14.5. The van der Waals surface area contributed by atoms with Crippen LogP contribution in [0.5, 0.6) is 0 Å². The molecule has 1 saturated heterocycles. The van der Waals surface area contributed by atoms with Gasteiger partial charge in [-0.05, 0) is 54.8 Å². The number of benzene rings is 2. The van der Waals surface area contributed by atoms with Crippen molar-refractivity contribution in [2.75, 3.05) is 24.1 Å². The molecule has 28 heavy (non-hydrogen) atoms. The Labute approximate surface area is 171 Å². The summed E-state index contributed by atoms with van der Waals surface area (Å²) in [6, 6.07) is 12.2. The Kier molecular flexibility index (Phi) is 6.35. The number of thioether (sulfide) groups is 1. The Morgan fingerprint density at radius 2 is 1.79 bits per heavy atom. The molecular formula is C21H26N2O3S2. The number of para-hydroxylation sites is 1. The molecule has 2 aromatic rings. The molecule has 0 atom stereocenters. The van der Waals surface area contributed by atoms with E-state index in [4.69, 9.17) is 0 Å². The summed E-state index contributed by atoms with van der Waals surface area (Å²) in [6.45, 7) is 5.49. The van der Waals surface area contributed by atoms with E-state index in [2.05, 4.69) is 4.72 Å². The van der Waals surface area contributed by atoms with Crippen molar-refractivity contribution >= 4 is 33.4 Å². The molecule has 1 N–H and O–H groups in total. The number of carbonyl (C=O) groups excluding carboxylic acids is 1. The number of rotatable bonds is 6. The Morgan fingerprint density at radius 3 is 2.43 bits per heavy atom. The predicted molar refractivity (Wildman–Crippen MR) is 115 cm³/mol. The number of anilines is 1. The second-order valence-corrected chi connectivity index (χ2v) is 9.74. The number of likely N-dealkylation sites (tertiary alicyclic amines) is 1. The number of nitrogens with zero attached hydrogens (tertiary/aromatic N) is 1. The third-order valence-corrected chi connectivity index (χ3v) is 7.09. The number of nitrogens with one attached hydrogen (secondary N) is 1. The molecule has 150 valence electrons. The first-order valence-electron chi connectivity index (χ1n) is 9.42. The lowest BCUT2D eigenvalue weighted by Crippen LogP contribution is -2.28. The molecule has 0 bridgehead atoms. The summed E-state index contributed by atoms with van der Waals surface area (Å²) in [4.78, 5) is 15.6. The van der Waals surface area contributed by atoms with Crippen LogP contribution >= 0.6 is 11.8 Å². The molecule has 1 heterocycles. The third-order valence-electron chi connectivity index (χ3n) is 4.93. The van der Waals surface area contributed by atoms with Gasteiger partial charge in [-0.2, -0.15) is 0 Å².